The summed E-state index contributed by atoms with van der Waals surface area (Å²) in [7, 11) is 0. The van der Waals surface area contributed by atoms with E-state index in [1.807, 2.05) is 19.9 Å². The highest BCUT2D eigenvalue weighted by Crippen LogP contribution is 2.39. The molecule has 0 N–H and O–H groups in total. The van der Waals surface area contributed by atoms with Crippen LogP contribution in [-0.2, 0) is 11.3 Å². The van der Waals surface area contributed by atoms with Crippen LogP contribution in [0.5, 0.6) is 0 Å². The Morgan fingerprint density at radius 1 is 1.16 bits per heavy atom. The van der Waals surface area contributed by atoms with Gasteiger partial charge in [0.05, 0.1) is 4.91 Å². The first kappa shape index (κ1) is 23.1. The van der Waals surface area contributed by atoms with Gasteiger partial charge in [-0.3, -0.25) is 19.1 Å². The molecule has 6 nitrogen and oxygen atoms in total. The zero-order valence-corrected chi connectivity index (χ0v) is 20.5. The quantitative estimate of drug-likeness (QED) is 0.464. The monoisotopic (exact) mass is 470 g/mol. The van der Waals surface area contributed by atoms with E-state index < -0.39 is 0 Å². The topological polar surface area (TPSA) is 69.3 Å². The summed E-state index contributed by atoms with van der Waals surface area (Å²) >= 11 is 6.93. The second-order valence-electron chi connectivity index (χ2n) is 8.84. The third-order valence-electron chi connectivity index (χ3n) is 6.74. The fourth-order valence-corrected chi connectivity index (χ4v) is 6.49. The number of amides is 1. The molecular formula is C24H30N4O2S2. The van der Waals surface area contributed by atoms with Gasteiger partial charge in [-0.1, -0.05) is 43.7 Å². The van der Waals surface area contributed by atoms with Gasteiger partial charge in [0.25, 0.3) is 11.5 Å². The van der Waals surface area contributed by atoms with Gasteiger partial charge in [0.15, 0.2) is 0 Å². The van der Waals surface area contributed by atoms with Crippen LogP contribution in [0.4, 0.5) is 5.82 Å². The smallest absolute Gasteiger partial charge is 0.270 e. The van der Waals surface area contributed by atoms with Crippen molar-refractivity contribution in [3.05, 3.63) is 31.9 Å². The van der Waals surface area contributed by atoms with Gasteiger partial charge >= 0.3 is 0 Å². The van der Waals surface area contributed by atoms with Crippen molar-refractivity contribution in [1.82, 2.24) is 9.47 Å². The second-order valence-corrected chi connectivity index (χ2v) is 10.5. The molecular weight excluding hydrogens is 440 g/mol. The number of nitriles is 1. The molecule has 3 heterocycles. The fourth-order valence-electron chi connectivity index (χ4n) is 5.11. The highest BCUT2D eigenvalue weighted by molar-refractivity contribution is 8.26. The summed E-state index contributed by atoms with van der Waals surface area (Å²) in [4.78, 5) is 31.2. The summed E-state index contributed by atoms with van der Waals surface area (Å²) in [5, 5.41) is 9.76. The van der Waals surface area contributed by atoms with Gasteiger partial charge in [-0.2, -0.15) is 5.26 Å². The highest BCUT2D eigenvalue weighted by atomic mass is 32.2. The summed E-state index contributed by atoms with van der Waals surface area (Å²) in [5.41, 5.74) is 1.39. The summed E-state index contributed by atoms with van der Waals surface area (Å²) < 4.78 is 2.37. The largest absolute Gasteiger partial charge is 0.357 e. The molecule has 8 heteroatoms. The first-order chi connectivity index (χ1) is 15.5. The number of thiocarbonyl (C=S) groups is 1. The Hall–Kier alpha value is -2.11. The van der Waals surface area contributed by atoms with Crippen LogP contribution in [0.3, 0.4) is 0 Å². The molecule has 1 amide bonds. The molecule has 0 bridgehead atoms. The molecule has 2 saturated heterocycles. The van der Waals surface area contributed by atoms with Crippen LogP contribution in [0, 0.1) is 18.3 Å². The summed E-state index contributed by atoms with van der Waals surface area (Å²) in [6.45, 7) is 6.15. The van der Waals surface area contributed by atoms with Gasteiger partial charge in [0.1, 0.15) is 21.8 Å². The number of pyridine rings is 1. The number of anilines is 1. The van der Waals surface area contributed by atoms with Crippen LogP contribution in [0.2, 0.25) is 0 Å². The third-order valence-corrected chi connectivity index (χ3v) is 8.07. The number of hydrogen-bond donors (Lipinski definition) is 0. The lowest BCUT2D eigenvalue weighted by Gasteiger charge is -2.33. The molecule has 0 atom stereocenters. The summed E-state index contributed by atoms with van der Waals surface area (Å²) in [5.74, 6) is 0.807. The van der Waals surface area contributed by atoms with Crippen LogP contribution >= 0.6 is 24.0 Å². The van der Waals surface area contributed by atoms with E-state index in [4.69, 9.17) is 12.2 Å². The average Bonchev–Trinajstić information content (AvgIpc) is 3.40. The molecule has 0 radical (unpaired) electrons. The third kappa shape index (κ3) is 4.13. The van der Waals surface area contributed by atoms with Crippen molar-refractivity contribution in [3.63, 3.8) is 0 Å². The number of carbonyl (C=O) groups excluding carboxylic acids is 1. The molecule has 0 aromatic carbocycles. The molecule has 4 rings (SSSR count). The van der Waals surface area contributed by atoms with Crippen molar-refractivity contribution >= 4 is 46.1 Å². The minimum atomic E-state index is -0.233. The lowest BCUT2D eigenvalue weighted by atomic mass is 10.0. The number of nitrogens with zero attached hydrogens (tertiary/aromatic N) is 4. The first-order valence-electron chi connectivity index (χ1n) is 11.7. The predicted octanol–water partition coefficient (Wildman–Crippen LogP) is 4.57. The average molecular weight is 471 g/mol. The molecule has 1 aromatic heterocycles. The van der Waals surface area contributed by atoms with E-state index in [1.54, 1.807) is 9.47 Å². The van der Waals surface area contributed by atoms with Gasteiger partial charge in [-0.15, -0.1) is 0 Å². The molecule has 0 unspecified atom stereocenters. The minimum Gasteiger partial charge on any atom is -0.357 e. The Kier molecular flexibility index (Phi) is 7.06. The minimum absolute atomic E-state index is 0.0392. The normalized spacial score (nSPS) is 21.1. The van der Waals surface area contributed by atoms with Crippen molar-refractivity contribution in [3.8, 4) is 6.07 Å². The van der Waals surface area contributed by atoms with Crippen molar-refractivity contribution < 1.29 is 4.79 Å². The van der Waals surface area contributed by atoms with E-state index in [0.29, 0.717) is 21.3 Å². The molecule has 3 aliphatic rings. The van der Waals surface area contributed by atoms with E-state index in [-0.39, 0.29) is 23.1 Å². The molecule has 1 aromatic rings. The van der Waals surface area contributed by atoms with E-state index >= 15 is 0 Å². The Morgan fingerprint density at radius 3 is 2.47 bits per heavy atom. The SMILES string of the molecule is CCCn1c(N2CCCCC2)c(C=C2SC(=S)N(C3CCCC3)C2=O)c(C)c(C#N)c1=O. The van der Waals surface area contributed by atoms with E-state index in [2.05, 4.69) is 11.0 Å². The summed E-state index contributed by atoms with van der Waals surface area (Å²) in [6.07, 6.45) is 10.3. The van der Waals surface area contributed by atoms with Crippen molar-refractivity contribution in [2.75, 3.05) is 18.0 Å². The molecule has 1 saturated carbocycles. The van der Waals surface area contributed by atoms with Gasteiger partial charge in [0.2, 0.25) is 0 Å². The fraction of sp³-hybridized carbons (Fsp3) is 0.583. The van der Waals surface area contributed by atoms with Gasteiger partial charge in [0, 0.05) is 31.2 Å². The molecule has 0 spiro atoms. The van der Waals surface area contributed by atoms with Gasteiger partial charge < -0.3 is 4.90 Å². The maximum Gasteiger partial charge on any atom is 0.270 e. The summed E-state index contributed by atoms with van der Waals surface area (Å²) in [6, 6.07) is 2.32. The standard InChI is InChI=1S/C24H30N4O2S2/c1-3-11-27-21(26-12-7-4-8-13-26)18(16(2)19(15-25)22(27)29)14-20-23(30)28(24(31)32-20)17-9-5-6-10-17/h14,17H,3-13H2,1-2H3. The van der Waals surface area contributed by atoms with E-state index in [1.165, 1.54) is 18.2 Å². The Morgan fingerprint density at radius 2 is 1.84 bits per heavy atom. The van der Waals surface area contributed by atoms with Crippen molar-refractivity contribution in [2.24, 2.45) is 0 Å². The Bertz CT molecular complexity index is 1060. The lowest BCUT2D eigenvalue weighted by Crippen LogP contribution is -2.38. The van der Waals surface area contributed by atoms with E-state index in [0.717, 1.165) is 69.4 Å². The molecule has 1 aliphatic carbocycles. The molecule has 2 aliphatic heterocycles. The number of aromatic nitrogens is 1. The highest BCUT2D eigenvalue weighted by Gasteiger charge is 2.38. The molecule has 32 heavy (non-hydrogen) atoms. The van der Waals surface area contributed by atoms with Gasteiger partial charge in [-0.25, -0.2) is 0 Å². The maximum atomic E-state index is 13.3. The lowest BCUT2D eigenvalue weighted by molar-refractivity contribution is -0.123. The van der Waals surface area contributed by atoms with Crippen LogP contribution in [0.25, 0.3) is 6.08 Å². The van der Waals surface area contributed by atoms with Crippen LogP contribution in [-0.4, -0.2) is 38.8 Å². The Balaban J connectivity index is 1.86. The van der Waals surface area contributed by atoms with Gasteiger partial charge in [-0.05, 0) is 57.1 Å². The van der Waals surface area contributed by atoms with Crippen LogP contribution in [0.1, 0.15) is 75.0 Å². The second kappa shape index (κ2) is 9.80. The molecule has 170 valence electrons. The predicted molar refractivity (Wildman–Crippen MR) is 134 cm³/mol. The zero-order chi connectivity index (χ0) is 22.8. The number of carbonyl (C=O) groups is 1. The number of rotatable bonds is 5. The molecule has 3 fully saturated rings. The van der Waals surface area contributed by atoms with Crippen molar-refractivity contribution in [1.29, 1.82) is 5.26 Å². The van der Waals surface area contributed by atoms with E-state index in [9.17, 15) is 14.9 Å². The van der Waals surface area contributed by atoms with Crippen LogP contribution in [0.15, 0.2) is 9.70 Å². The zero-order valence-electron chi connectivity index (χ0n) is 18.9. The first-order valence-corrected chi connectivity index (χ1v) is 12.9. The van der Waals surface area contributed by atoms with Crippen LogP contribution < -0.4 is 10.5 Å². The van der Waals surface area contributed by atoms with Crippen molar-refractivity contribution in [2.45, 2.75) is 77.8 Å². The number of hydrogen-bond acceptors (Lipinski definition) is 6. The number of piperidine rings is 1. The Labute approximate surface area is 199 Å². The number of thioether (sulfide) groups is 1. The maximum absolute atomic E-state index is 13.3.